The van der Waals surface area contributed by atoms with Gasteiger partial charge in [-0.25, -0.2) is 0 Å². The van der Waals surface area contributed by atoms with Gasteiger partial charge in [-0.05, 0) is 31.0 Å². The number of sulfonamides is 1. The van der Waals surface area contributed by atoms with E-state index < -0.39 is 10.0 Å². The number of rotatable bonds is 7. The Morgan fingerprint density at radius 1 is 1.09 bits per heavy atom. The van der Waals surface area contributed by atoms with Gasteiger partial charge in [-0.3, -0.25) is 0 Å². The van der Waals surface area contributed by atoms with Gasteiger partial charge in [-0.1, -0.05) is 48.0 Å². The molecule has 5 heteroatoms. The Hall–Kier alpha value is -1.98. The molecule has 0 bridgehead atoms. The van der Waals surface area contributed by atoms with Gasteiger partial charge in [0.15, 0.2) is 0 Å². The van der Waals surface area contributed by atoms with Crippen molar-refractivity contribution in [2.24, 2.45) is 4.40 Å². The molecule has 2 rings (SSSR count). The van der Waals surface area contributed by atoms with Crippen molar-refractivity contribution >= 4 is 16.2 Å². The quantitative estimate of drug-likeness (QED) is 0.574. The van der Waals surface area contributed by atoms with Crippen LogP contribution >= 0.6 is 0 Å². The van der Waals surface area contributed by atoms with Crippen molar-refractivity contribution in [1.82, 2.24) is 0 Å². The summed E-state index contributed by atoms with van der Waals surface area (Å²) in [4.78, 5) is 0.254. The van der Waals surface area contributed by atoms with Gasteiger partial charge >= 0.3 is 0 Å². The topological polar surface area (TPSA) is 55.7 Å². The maximum Gasteiger partial charge on any atom is 0.282 e. The molecular formula is C18H21NO3S. The molecule has 0 heterocycles. The van der Waals surface area contributed by atoms with E-state index in [2.05, 4.69) is 4.40 Å². The molecule has 0 aromatic heterocycles. The molecule has 0 fully saturated rings. The first-order valence-electron chi connectivity index (χ1n) is 7.47. The zero-order valence-electron chi connectivity index (χ0n) is 13.4. The molecule has 0 aliphatic carbocycles. The van der Waals surface area contributed by atoms with Crippen LogP contribution in [0.2, 0.25) is 0 Å². The summed E-state index contributed by atoms with van der Waals surface area (Å²) in [7, 11) is -3.63. The highest BCUT2D eigenvalue weighted by Crippen LogP contribution is 2.18. The molecule has 0 unspecified atom stereocenters. The van der Waals surface area contributed by atoms with E-state index in [-0.39, 0.29) is 4.90 Å². The molecule has 0 atom stereocenters. The Morgan fingerprint density at radius 3 is 2.52 bits per heavy atom. The molecule has 0 radical (unpaired) electrons. The van der Waals surface area contributed by atoms with E-state index in [0.717, 1.165) is 11.1 Å². The fraction of sp³-hybridized carbons (Fsp3) is 0.278. The zero-order chi connectivity index (χ0) is 16.7. The highest BCUT2D eigenvalue weighted by Gasteiger charge is 2.14. The van der Waals surface area contributed by atoms with Crippen LogP contribution in [0.3, 0.4) is 0 Å². The Bertz CT molecular complexity index is 768. The second kappa shape index (κ2) is 8.04. The van der Waals surface area contributed by atoms with Crippen LogP contribution in [0.15, 0.2) is 57.8 Å². The maximum absolute atomic E-state index is 12.2. The van der Waals surface area contributed by atoms with E-state index in [4.69, 9.17) is 4.74 Å². The van der Waals surface area contributed by atoms with Gasteiger partial charge in [0.1, 0.15) is 0 Å². The summed E-state index contributed by atoms with van der Waals surface area (Å²) >= 11 is 0. The Labute approximate surface area is 137 Å². The lowest BCUT2D eigenvalue weighted by Gasteiger charge is -2.04. The lowest BCUT2D eigenvalue weighted by molar-refractivity contribution is 0.128. The minimum Gasteiger partial charge on any atom is -0.376 e. The van der Waals surface area contributed by atoms with Crippen molar-refractivity contribution in [2.75, 3.05) is 6.61 Å². The van der Waals surface area contributed by atoms with E-state index in [1.54, 1.807) is 19.1 Å². The van der Waals surface area contributed by atoms with Crippen molar-refractivity contribution in [3.8, 4) is 0 Å². The fourth-order valence-corrected chi connectivity index (χ4v) is 3.32. The summed E-state index contributed by atoms with van der Waals surface area (Å²) in [5.41, 5.74) is 2.83. The van der Waals surface area contributed by atoms with Crippen LogP contribution < -0.4 is 0 Å². The third kappa shape index (κ3) is 5.30. The van der Waals surface area contributed by atoms with Gasteiger partial charge in [-0.2, -0.15) is 12.8 Å². The number of ether oxygens (including phenoxy) is 1. The standard InChI is InChI=1S/C18H21NO3S/c1-15-9-10-18(16(2)13-15)23(20,21)19-11-6-12-22-14-17-7-4-3-5-8-17/h3-5,7-11,13H,6,12,14H2,1-2H3/b19-11+. The molecule has 2 aromatic rings. The van der Waals surface area contributed by atoms with Gasteiger partial charge < -0.3 is 4.74 Å². The third-order valence-electron chi connectivity index (χ3n) is 3.32. The average molecular weight is 331 g/mol. The van der Waals surface area contributed by atoms with Crippen molar-refractivity contribution in [2.45, 2.75) is 31.8 Å². The van der Waals surface area contributed by atoms with Gasteiger partial charge in [-0.15, -0.1) is 0 Å². The van der Waals surface area contributed by atoms with Crippen LogP contribution in [-0.4, -0.2) is 21.2 Å². The van der Waals surface area contributed by atoms with Crippen LogP contribution in [-0.2, 0) is 21.4 Å². The van der Waals surface area contributed by atoms with Crippen molar-refractivity contribution in [1.29, 1.82) is 0 Å². The lowest BCUT2D eigenvalue weighted by atomic mass is 10.2. The third-order valence-corrected chi connectivity index (χ3v) is 4.76. The first kappa shape index (κ1) is 17.4. The monoisotopic (exact) mass is 331 g/mol. The summed E-state index contributed by atoms with van der Waals surface area (Å²) in [6, 6.07) is 15.0. The van der Waals surface area contributed by atoms with Crippen molar-refractivity contribution in [3.05, 3.63) is 65.2 Å². The first-order chi connectivity index (χ1) is 11.0. The molecule has 0 saturated carbocycles. The van der Waals surface area contributed by atoms with Crippen molar-refractivity contribution in [3.63, 3.8) is 0 Å². The van der Waals surface area contributed by atoms with Gasteiger partial charge in [0.05, 0.1) is 18.1 Å². The number of hydrogen-bond acceptors (Lipinski definition) is 3. The number of hydrogen-bond donors (Lipinski definition) is 0. The highest BCUT2D eigenvalue weighted by molar-refractivity contribution is 7.90. The van der Waals surface area contributed by atoms with E-state index in [0.29, 0.717) is 25.2 Å². The van der Waals surface area contributed by atoms with Gasteiger partial charge in [0, 0.05) is 12.6 Å². The molecular weight excluding hydrogens is 310 g/mol. The summed E-state index contributed by atoms with van der Waals surface area (Å²) < 4.78 is 33.6. The summed E-state index contributed by atoms with van der Waals surface area (Å²) in [6.07, 6.45) is 1.86. The Morgan fingerprint density at radius 2 is 1.83 bits per heavy atom. The minimum absolute atomic E-state index is 0.254. The van der Waals surface area contributed by atoms with Gasteiger partial charge in [0.2, 0.25) is 0 Å². The van der Waals surface area contributed by atoms with E-state index in [1.807, 2.05) is 43.3 Å². The lowest BCUT2D eigenvalue weighted by Crippen LogP contribution is -2.02. The molecule has 0 aliphatic rings. The molecule has 0 saturated heterocycles. The highest BCUT2D eigenvalue weighted by atomic mass is 32.2. The molecule has 0 aliphatic heterocycles. The summed E-state index contributed by atoms with van der Waals surface area (Å²) in [5, 5.41) is 0. The van der Waals surface area contributed by atoms with E-state index >= 15 is 0 Å². The molecule has 2 aromatic carbocycles. The maximum atomic E-state index is 12.2. The van der Waals surface area contributed by atoms with Crippen LogP contribution in [0, 0.1) is 13.8 Å². The smallest absolute Gasteiger partial charge is 0.282 e. The number of aryl methyl sites for hydroxylation is 2. The average Bonchev–Trinajstić information content (AvgIpc) is 2.51. The molecule has 122 valence electrons. The first-order valence-corrected chi connectivity index (χ1v) is 8.91. The summed E-state index contributed by atoms with van der Waals surface area (Å²) in [5.74, 6) is 0. The van der Waals surface area contributed by atoms with Crippen molar-refractivity contribution < 1.29 is 13.2 Å². The summed E-state index contributed by atoms with van der Waals surface area (Å²) in [6.45, 7) is 4.65. The Kier molecular flexibility index (Phi) is 6.07. The van der Waals surface area contributed by atoms with Crippen LogP contribution in [0.1, 0.15) is 23.1 Å². The Balaban J connectivity index is 1.84. The predicted octanol–water partition coefficient (Wildman–Crippen LogP) is 3.67. The number of nitrogens with zero attached hydrogens (tertiary/aromatic N) is 1. The van der Waals surface area contributed by atoms with E-state index in [9.17, 15) is 8.42 Å². The molecule has 23 heavy (non-hydrogen) atoms. The predicted molar refractivity (Wildman–Crippen MR) is 92.3 cm³/mol. The zero-order valence-corrected chi connectivity index (χ0v) is 14.2. The molecule has 0 spiro atoms. The normalized spacial score (nSPS) is 11.9. The van der Waals surface area contributed by atoms with E-state index in [1.165, 1.54) is 6.21 Å². The van der Waals surface area contributed by atoms with Crippen LogP contribution in [0.25, 0.3) is 0 Å². The van der Waals surface area contributed by atoms with Gasteiger partial charge in [0.25, 0.3) is 10.0 Å². The second-order valence-electron chi connectivity index (χ2n) is 5.36. The minimum atomic E-state index is -3.63. The van der Waals surface area contributed by atoms with Crippen LogP contribution in [0.5, 0.6) is 0 Å². The molecule has 0 N–H and O–H groups in total. The molecule has 0 amide bonds. The second-order valence-corrected chi connectivity index (χ2v) is 6.96. The largest absolute Gasteiger partial charge is 0.376 e. The number of benzene rings is 2. The molecule has 4 nitrogen and oxygen atoms in total. The van der Waals surface area contributed by atoms with Crippen LogP contribution in [0.4, 0.5) is 0 Å². The SMILES string of the molecule is Cc1ccc(S(=O)(=O)/N=C/CCOCc2ccccc2)c(C)c1. The fourth-order valence-electron chi connectivity index (χ4n) is 2.20.